The van der Waals surface area contributed by atoms with Crippen LogP contribution < -0.4 is 5.32 Å². The van der Waals surface area contributed by atoms with Gasteiger partial charge in [-0.05, 0) is 52.7 Å². The molecule has 0 saturated heterocycles. The molecule has 0 unspecified atom stereocenters. The van der Waals surface area contributed by atoms with Gasteiger partial charge in [0, 0.05) is 17.3 Å². The molecule has 0 bridgehead atoms. The van der Waals surface area contributed by atoms with E-state index >= 15 is 0 Å². The Morgan fingerprint density at radius 2 is 2.23 bits per heavy atom. The Balaban J connectivity index is 1.89. The van der Waals surface area contributed by atoms with Gasteiger partial charge in [0.05, 0.1) is 11.1 Å². The summed E-state index contributed by atoms with van der Waals surface area (Å²) in [7, 11) is 0. The molecule has 7 heteroatoms. The van der Waals surface area contributed by atoms with Gasteiger partial charge in [-0.2, -0.15) is 10.4 Å². The van der Waals surface area contributed by atoms with Crippen LogP contribution in [0.25, 0.3) is 10.9 Å². The number of benzene rings is 1. The number of hydrogen-bond donors (Lipinski definition) is 2. The number of carbonyl (C=O) groups excluding carboxylic acids is 1. The molecule has 22 heavy (non-hydrogen) atoms. The lowest BCUT2D eigenvalue weighted by molar-refractivity contribution is 0.102. The van der Waals surface area contributed by atoms with E-state index in [0.717, 1.165) is 10.9 Å². The topological polar surface area (TPSA) is 94.5 Å². The van der Waals surface area contributed by atoms with Gasteiger partial charge in [0.2, 0.25) is 0 Å². The van der Waals surface area contributed by atoms with Crippen LogP contribution in [-0.2, 0) is 0 Å². The highest BCUT2D eigenvalue weighted by Gasteiger charge is 2.12. The van der Waals surface area contributed by atoms with Crippen molar-refractivity contribution in [3.63, 3.8) is 0 Å². The molecule has 0 saturated carbocycles. The van der Waals surface area contributed by atoms with Gasteiger partial charge in [0.25, 0.3) is 5.91 Å². The number of amides is 1. The first-order chi connectivity index (χ1) is 10.6. The number of rotatable bonds is 2. The van der Waals surface area contributed by atoms with Crippen LogP contribution in [0.1, 0.15) is 21.6 Å². The highest BCUT2D eigenvalue weighted by atomic mass is 79.9. The molecule has 2 aromatic heterocycles. The van der Waals surface area contributed by atoms with Crippen molar-refractivity contribution < 1.29 is 4.79 Å². The quantitative estimate of drug-likeness (QED) is 0.737. The molecule has 108 valence electrons. The number of halogens is 1. The first-order valence-electron chi connectivity index (χ1n) is 6.40. The Bertz CT molecular complexity index is 925. The molecule has 2 heterocycles. The second kappa shape index (κ2) is 5.58. The van der Waals surface area contributed by atoms with Crippen LogP contribution in [0.4, 0.5) is 5.69 Å². The summed E-state index contributed by atoms with van der Waals surface area (Å²) in [6.07, 6.45) is 1.39. The third-order valence-electron chi connectivity index (χ3n) is 3.20. The van der Waals surface area contributed by atoms with Gasteiger partial charge >= 0.3 is 0 Å². The number of nitriles is 1. The zero-order valence-electron chi connectivity index (χ0n) is 11.5. The second-order valence-corrected chi connectivity index (χ2v) is 5.48. The minimum Gasteiger partial charge on any atom is -0.321 e. The van der Waals surface area contributed by atoms with E-state index in [9.17, 15) is 4.79 Å². The predicted octanol–water partition coefficient (Wildman–Crippen LogP) is 3.15. The maximum absolute atomic E-state index is 12.3. The lowest BCUT2D eigenvalue weighted by atomic mass is 10.1. The lowest BCUT2D eigenvalue weighted by Crippen LogP contribution is -2.15. The number of nitrogens with one attached hydrogen (secondary N) is 2. The standard InChI is InChI=1S/C15H10BrN5O/c1-8-4-9(6-17)7-18-13(8)15(22)19-10-2-3-12-11(5-10)14(16)21-20-12/h2-5,7H,1H3,(H,19,22)(H,20,21). The summed E-state index contributed by atoms with van der Waals surface area (Å²) in [5.74, 6) is -0.319. The van der Waals surface area contributed by atoms with E-state index < -0.39 is 0 Å². The summed E-state index contributed by atoms with van der Waals surface area (Å²) in [6, 6.07) is 9.07. The minimum absolute atomic E-state index is 0.297. The lowest BCUT2D eigenvalue weighted by Gasteiger charge is -2.07. The van der Waals surface area contributed by atoms with E-state index in [1.54, 1.807) is 19.1 Å². The summed E-state index contributed by atoms with van der Waals surface area (Å²) in [4.78, 5) is 16.4. The number of aromatic nitrogens is 3. The van der Waals surface area contributed by atoms with Crippen LogP contribution >= 0.6 is 15.9 Å². The number of anilines is 1. The summed E-state index contributed by atoms with van der Waals surface area (Å²) >= 11 is 3.34. The van der Waals surface area contributed by atoms with Crippen molar-refractivity contribution in [1.29, 1.82) is 5.26 Å². The molecule has 0 radical (unpaired) electrons. The van der Waals surface area contributed by atoms with Crippen LogP contribution in [0.5, 0.6) is 0 Å². The highest BCUT2D eigenvalue weighted by Crippen LogP contribution is 2.24. The van der Waals surface area contributed by atoms with E-state index in [1.165, 1.54) is 6.20 Å². The fraction of sp³-hybridized carbons (Fsp3) is 0.0667. The number of H-pyrrole nitrogens is 1. The number of hydrogen-bond acceptors (Lipinski definition) is 4. The second-order valence-electron chi connectivity index (χ2n) is 4.73. The molecule has 2 N–H and O–H groups in total. The zero-order valence-corrected chi connectivity index (χ0v) is 13.1. The third kappa shape index (κ3) is 2.56. The van der Waals surface area contributed by atoms with Crippen LogP contribution in [0.15, 0.2) is 35.1 Å². The van der Waals surface area contributed by atoms with E-state index in [2.05, 4.69) is 36.4 Å². The summed E-state index contributed by atoms with van der Waals surface area (Å²) < 4.78 is 0.686. The first kappa shape index (κ1) is 14.2. The van der Waals surface area contributed by atoms with E-state index in [1.807, 2.05) is 18.2 Å². The Hall–Kier alpha value is -2.72. The summed E-state index contributed by atoms with van der Waals surface area (Å²) in [5.41, 5.74) is 2.90. The van der Waals surface area contributed by atoms with Crippen molar-refractivity contribution in [1.82, 2.24) is 15.2 Å². The van der Waals surface area contributed by atoms with Crippen molar-refractivity contribution in [3.8, 4) is 6.07 Å². The fourth-order valence-corrected chi connectivity index (χ4v) is 2.54. The van der Waals surface area contributed by atoms with E-state index in [0.29, 0.717) is 27.1 Å². The van der Waals surface area contributed by atoms with Crippen LogP contribution in [0.2, 0.25) is 0 Å². The smallest absolute Gasteiger partial charge is 0.274 e. The van der Waals surface area contributed by atoms with Crippen LogP contribution in [0, 0.1) is 18.3 Å². The Kier molecular flexibility index (Phi) is 3.61. The average Bonchev–Trinajstić information content (AvgIpc) is 2.88. The maximum atomic E-state index is 12.3. The molecule has 1 aromatic carbocycles. The van der Waals surface area contributed by atoms with E-state index in [4.69, 9.17) is 5.26 Å². The van der Waals surface area contributed by atoms with Crippen molar-refractivity contribution in [2.75, 3.05) is 5.32 Å². The third-order valence-corrected chi connectivity index (χ3v) is 3.80. The van der Waals surface area contributed by atoms with Gasteiger partial charge in [-0.25, -0.2) is 4.98 Å². The van der Waals surface area contributed by atoms with Gasteiger partial charge in [-0.1, -0.05) is 0 Å². The summed E-state index contributed by atoms with van der Waals surface area (Å²) in [6.45, 7) is 1.75. The SMILES string of the molecule is Cc1cc(C#N)cnc1C(=O)Nc1ccc2[nH]nc(Br)c2c1. The van der Waals surface area contributed by atoms with Gasteiger partial charge in [-0.15, -0.1) is 0 Å². The fourth-order valence-electron chi connectivity index (χ4n) is 2.12. The van der Waals surface area contributed by atoms with Gasteiger partial charge < -0.3 is 5.32 Å². The maximum Gasteiger partial charge on any atom is 0.274 e. The van der Waals surface area contributed by atoms with Gasteiger partial charge in [-0.3, -0.25) is 9.89 Å². The van der Waals surface area contributed by atoms with Crippen LogP contribution in [0.3, 0.4) is 0 Å². The number of aryl methyl sites for hydroxylation is 1. The van der Waals surface area contributed by atoms with Crippen molar-refractivity contribution in [2.45, 2.75) is 6.92 Å². The number of carbonyl (C=O) groups is 1. The van der Waals surface area contributed by atoms with E-state index in [-0.39, 0.29) is 5.91 Å². The molecule has 0 aliphatic carbocycles. The largest absolute Gasteiger partial charge is 0.321 e. The Labute approximate surface area is 134 Å². The normalized spacial score (nSPS) is 10.4. The molecule has 0 aliphatic rings. The highest BCUT2D eigenvalue weighted by molar-refractivity contribution is 9.10. The first-order valence-corrected chi connectivity index (χ1v) is 7.19. The van der Waals surface area contributed by atoms with Gasteiger partial charge in [0.15, 0.2) is 0 Å². The van der Waals surface area contributed by atoms with Crippen LogP contribution in [-0.4, -0.2) is 21.1 Å². The summed E-state index contributed by atoms with van der Waals surface area (Å²) in [5, 5.41) is 19.4. The minimum atomic E-state index is -0.319. The van der Waals surface area contributed by atoms with Gasteiger partial charge in [0.1, 0.15) is 16.4 Å². The molecule has 1 amide bonds. The Morgan fingerprint density at radius 1 is 1.41 bits per heavy atom. The molecule has 0 atom stereocenters. The molecule has 3 aromatic rings. The number of aromatic amines is 1. The molecule has 0 aliphatic heterocycles. The molecular formula is C15H10BrN5O. The molecular weight excluding hydrogens is 346 g/mol. The van der Waals surface area contributed by atoms with Crippen molar-refractivity contribution >= 4 is 38.4 Å². The predicted molar refractivity (Wildman–Crippen MR) is 85.4 cm³/mol. The average molecular weight is 356 g/mol. The zero-order chi connectivity index (χ0) is 15.7. The van der Waals surface area contributed by atoms with Crippen molar-refractivity contribution in [2.24, 2.45) is 0 Å². The molecule has 0 spiro atoms. The molecule has 3 rings (SSSR count). The number of fused-ring (bicyclic) bond motifs is 1. The van der Waals surface area contributed by atoms with Crippen molar-refractivity contribution in [3.05, 3.63) is 51.9 Å². The Morgan fingerprint density at radius 3 is 2.95 bits per heavy atom. The molecule has 6 nitrogen and oxygen atoms in total. The monoisotopic (exact) mass is 355 g/mol. The number of pyridine rings is 1. The number of nitrogens with zero attached hydrogens (tertiary/aromatic N) is 3. The molecule has 0 fully saturated rings.